The zero-order valence-corrected chi connectivity index (χ0v) is 7.49. The lowest BCUT2D eigenvalue weighted by atomic mass is 10.3. The Morgan fingerprint density at radius 3 is 2.54 bits per heavy atom. The molecule has 13 heavy (non-hydrogen) atoms. The maximum absolute atomic E-state index is 11.2. The molecule has 1 aromatic carbocycles. The predicted octanol–water partition coefficient (Wildman–Crippen LogP) is 0.629. The fraction of sp³-hybridized carbons (Fsp3) is 0.125. The molecule has 1 saturated heterocycles. The first-order valence-electron chi connectivity index (χ1n) is 3.72. The van der Waals surface area contributed by atoms with Crippen molar-refractivity contribution >= 4 is 22.9 Å². The van der Waals surface area contributed by atoms with Gasteiger partial charge in [0.15, 0.2) is 0 Å². The zero-order valence-electron chi connectivity index (χ0n) is 6.67. The number of benzene rings is 1. The van der Waals surface area contributed by atoms with Crippen LogP contribution < -0.4 is 4.31 Å². The summed E-state index contributed by atoms with van der Waals surface area (Å²) in [5, 5.41) is 0. The molecule has 1 aliphatic rings. The van der Waals surface area contributed by atoms with Crippen LogP contribution in [0.1, 0.15) is 0 Å². The lowest BCUT2D eigenvalue weighted by Crippen LogP contribution is -2.25. The zero-order chi connectivity index (χ0) is 9.26. The average molecular weight is 197 g/mol. The summed E-state index contributed by atoms with van der Waals surface area (Å²) in [5.74, 6) is -0.274. The minimum Gasteiger partial charge on any atom is -0.271 e. The molecule has 1 aromatic rings. The van der Waals surface area contributed by atoms with Crippen molar-refractivity contribution in [1.82, 2.24) is 0 Å². The van der Waals surface area contributed by atoms with E-state index < -0.39 is 11.3 Å². The topological polar surface area (TPSA) is 46.6 Å². The van der Waals surface area contributed by atoms with E-state index in [1.165, 1.54) is 0 Å². The molecule has 1 amide bonds. The highest BCUT2D eigenvalue weighted by atomic mass is 32.2. The summed E-state index contributed by atoms with van der Waals surface area (Å²) in [4.78, 5) is 11.2. The van der Waals surface area contributed by atoms with Crippen LogP contribution in [0.3, 0.4) is 0 Å². The summed E-state index contributed by atoms with van der Waals surface area (Å²) in [6, 6.07) is 8.80. The predicted molar refractivity (Wildman–Crippen MR) is 48.0 cm³/mol. The maximum Gasteiger partial charge on any atom is 0.272 e. The van der Waals surface area contributed by atoms with Crippen LogP contribution >= 0.6 is 0 Å². The van der Waals surface area contributed by atoms with Gasteiger partial charge in [-0.2, -0.15) is 0 Å². The minimum absolute atomic E-state index is 0.110. The quantitative estimate of drug-likeness (QED) is 0.663. The fourth-order valence-corrected chi connectivity index (χ4v) is 1.91. The highest BCUT2D eigenvalue weighted by Crippen LogP contribution is 2.20. The number of rotatable bonds is 1. The van der Waals surface area contributed by atoms with Crippen molar-refractivity contribution < 1.29 is 13.2 Å². The Kier molecular flexibility index (Phi) is 2.12. The van der Waals surface area contributed by atoms with Gasteiger partial charge in [0.1, 0.15) is 6.61 Å². The first-order valence-corrected chi connectivity index (χ1v) is 4.75. The van der Waals surface area contributed by atoms with Crippen molar-refractivity contribution in [3.8, 4) is 0 Å². The van der Waals surface area contributed by atoms with Crippen LogP contribution in [-0.4, -0.2) is 16.7 Å². The first kappa shape index (κ1) is 8.40. The van der Waals surface area contributed by atoms with Gasteiger partial charge in [0, 0.05) is 0 Å². The van der Waals surface area contributed by atoms with Gasteiger partial charge in [-0.3, -0.25) is 8.98 Å². The Balaban J connectivity index is 2.36. The van der Waals surface area contributed by atoms with E-state index in [0.29, 0.717) is 5.69 Å². The van der Waals surface area contributed by atoms with Gasteiger partial charge >= 0.3 is 0 Å². The van der Waals surface area contributed by atoms with Gasteiger partial charge in [-0.1, -0.05) is 18.2 Å². The van der Waals surface area contributed by atoms with Gasteiger partial charge in [0.25, 0.3) is 17.2 Å². The molecule has 2 rings (SSSR count). The summed E-state index contributed by atoms with van der Waals surface area (Å²) in [7, 11) is 0. The molecule has 1 atom stereocenters. The maximum atomic E-state index is 11.2. The van der Waals surface area contributed by atoms with Gasteiger partial charge in [0.05, 0.1) is 5.69 Å². The molecule has 0 aliphatic carbocycles. The van der Waals surface area contributed by atoms with Crippen LogP contribution in [0.25, 0.3) is 0 Å². The van der Waals surface area contributed by atoms with E-state index in [1.807, 2.05) is 6.07 Å². The van der Waals surface area contributed by atoms with Crippen molar-refractivity contribution in [1.29, 1.82) is 0 Å². The fourth-order valence-electron chi connectivity index (χ4n) is 1.09. The van der Waals surface area contributed by atoms with Gasteiger partial charge in [-0.05, 0) is 12.1 Å². The first-order chi connectivity index (χ1) is 6.29. The third-order valence-corrected chi connectivity index (χ3v) is 2.68. The van der Waals surface area contributed by atoms with E-state index in [0.717, 1.165) is 4.31 Å². The molecule has 0 saturated carbocycles. The average Bonchev–Trinajstić information content (AvgIpc) is 2.48. The number of nitrogens with zero attached hydrogens (tertiary/aromatic N) is 1. The molecule has 68 valence electrons. The van der Waals surface area contributed by atoms with Crippen molar-refractivity contribution in [2.45, 2.75) is 0 Å². The van der Waals surface area contributed by atoms with E-state index in [1.54, 1.807) is 24.3 Å². The van der Waals surface area contributed by atoms with Gasteiger partial charge in [-0.25, -0.2) is 8.51 Å². The second kappa shape index (κ2) is 3.27. The standard InChI is InChI=1S/C8H7NO3S/c10-8-6-12-13(11)9(8)7-4-2-1-3-5-7/h1-5H,6H2. The van der Waals surface area contributed by atoms with Crippen molar-refractivity contribution in [3.05, 3.63) is 30.3 Å². The largest absolute Gasteiger partial charge is 0.272 e. The number of anilines is 1. The van der Waals surface area contributed by atoms with Crippen LogP contribution in [0.5, 0.6) is 0 Å². The lowest BCUT2D eigenvalue weighted by Gasteiger charge is -2.10. The van der Waals surface area contributed by atoms with E-state index in [-0.39, 0.29) is 12.5 Å². The molecule has 0 N–H and O–H groups in total. The molecule has 1 unspecified atom stereocenters. The lowest BCUT2D eigenvalue weighted by molar-refractivity contribution is -0.117. The molecule has 0 radical (unpaired) electrons. The summed E-state index contributed by atoms with van der Waals surface area (Å²) in [6.07, 6.45) is 0. The van der Waals surface area contributed by atoms with Crippen LogP contribution in [0.4, 0.5) is 5.69 Å². The van der Waals surface area contributed by atoms with E-state index >= 15 is 0 Å². The number of para-hydroxylation sites is 1. The number of hydrogen-bond acceptors (Lipinski definition) is 3. The van der Waals surface area contributed by atoms with Crippen LogP contribution in [-0.2, 0) is 20.2 Å². The highest BCUT2D eigenvalue weighted by molar-refractivity contribution is 7.83. The number of amides is 1. The minimum atomic E-state index is -1.66. The number of carbonyl (C=O) groups excluding carboxylic acids is 1. The normalized spacial score (nSPS) is 22.3. The molecule has 5 heteroatoms. The van der Waals surface area contributed by atoms with Gasteiger partial charge in [0.2, 0.25) is 0 Å². The molecule has 0 aromatic heterocycles. The summed E-state index contributed by atoms with van der Waals surface area (Å²) in [5.41, 5.74) is 0.600. The van der Waals surface area contributed by atoms with E-state index in [4.69, 9.17) is 0 Å². The van der Waals surface area contributed by atoms with Crippen LogP contribution in [0.15, 0.2) is 30.3 Å². The molecule has 1 fully saturated rings. The Hall–Kier alpha value is -1.20. The Labute approximate surface area is 77.9 Å². The molecular weight excluding hydrogens is 190 g/mol. The van der Waals surface area contributed by atoms with Crippen molar-refractivity contribution in [2.24, 2.45) is 0 Å². The van der Waals surface area contributed by atoms with Gasteiger partial charge in [-0.15, -0.1) is 0 Å². The summed E-state index contributed by atoms with van der Waals surface area (Å²) < 4.78 is 17.0. The molecule has 1 aliphatic heterocycles. The second-order valence-electron chi connectivity index (χ2n) is 2.50. The van der Waals surface area contributed by atoms with Crippen molar-refractivity contribution in [3.63, 3.8) is 0 Å². The molecule has 4 nitrogen and oxygen atoms in total. The molecule has 0 bridgehead atoms. The smallest absolute Gasteiger partial charge is 0.271 e. The Morgan fingerprint density at radius 1 is 1.31 bits per heavy atom. The third kappa shape index (κ3) is 1.48. The van der Waals surface area contributed by atoms with Gasteiger partial charge < -0.3 is 0 Å². The molecular formula is C8H7NO3S. The Morgan fingerprint density at radius 2 is 2.00 bits per heavy atom. The Bertz CT molecular complexity index is 336. The summed E-state index contributed by atoms with van der Waals surface area (Å²) >= 11 is -1.66. The van der Waals surface area contributed by atoms with Crippen LogP contribution in [0, 0.1) is 0 Å². The number of hydrogen-bond donors (Lipinski definition) is 0. The SMILES string of the molecule is O=C1COS(=O)N1c1ccccc1. The number of carbonyl (C=O) groups is 1. The summed E-state index contributed by atoms with van der Waals surface area (Å²) in [6.45, 7) is -0.110. The second-order valence-corrected chi connectivity index (χ2v) is 3.54. The van der Waals surface area contributed by atoms with Crippen molar-refractivity contribution in [2.75, 3.05) is 10.9 Å². The third-order valence-electron chi connectivity index (χ3n) is 1.65. The monoisotopic (exact) mass is 197 g/mol. The molecule has 0 spiro atoms. The highest BCUT2D eigenvalue weighted by Gasteiger charge is 2.30. The van der Waals surface area contributed by atoms with Crippen LogP contribution in [0.2, 0.25) is 0 Å². The van der Waals surface area contributed by atoms with E-state index in [2.05, 4.69) is 4.18 Å². The molecule has 1 heterocycles. The van der Waals surface area contributed by atoms with E-state index in [9.17, 15) is 9.00 Å².